The number of guanidine groups is 1. The monoisotopic (exact) mass is 368 g/mol. The number of likely N-dealkylation sites (N-methyl/N-ethyl adjacent to an activating group) is 1. The number of nitrogens with zero attached hydrogens (tertiary/aromatic N) is 2. The minimum Gasteiger partial charge on any atom is -0.396 e. The van der Waals surface area contributed by atoms with E-state index in [9.17, 15) is 5.11 Å². The minimum absolute atomic E-state index is 0.00428. The summed E-state index contributed by atoms with van der Waals surface area (Å²) < 4.78 is 5.59. The fourth-order valence-corrected chi connectivity index (χ4v) is 4.48. The van der Waals surface area contributed by atoms with Crippen LogP contribution in [0.2, 0.25) is 0 Å². The molecule has 6 nitrogen and oxygen atoms in total. The number of nitrogens with one attached hydrogen (secondary N) is 2. The number of aliphatic imine (C=N–C) groups is 1. The van der Waals surface area contributed by atoms with Crippen molar-refractivity contribution in [1.29, 1.82) is 0 Å². The van der Waals surface area contributed by atoms with Gasteiger partial charge in [-0.2, -0.15) is 0 Å². The summed E-state index contributed by atoms with van der Waals surface area (Å²) in [7, 11) is 4.41. The van der Waals surface area contributed by atoms with E-state index in [0.717, 1.165) is 44.4 Å². The van der Waals surface area contributed by atoms with Crippen LogP contribution in [0.3, 0.4) is 0 Å². The van der Waals surface area contributed by atoms with Crippen molar-refractivity contribution in [2.24, 2.45) is 16.3 Å². The Morgan fingerprint density at radius 3 is 2.69 bits per heavy atom. The summed E-state index contributed by atoms with van der Waals surface area (Å²) in [5.41, 5.74) is 0.197. The Balaban J connectivity index is 2.01. The molecule has 1 heterocycles. The van der Waals surface area contributed by atoms with Crippen LogP contribution in [0.25, 0.3) is 0 Å². The molecule has 1 aliphatic carbocycles. The molecule has 26 heavy (non-hydrogen) atoms. The van der Waals surface area contributed by atoms with E-state index >= 15 is 0 Å². The van der Waals surface area contributed by atoms with Crippen LogP contribution in [0.5, 0.6) is 0 Å². The maximum atomic E-state index is 9.41. The largest absolute Gasteiger partial charge is 0.396 e. The van der Waals surface area contributed by atoms with Crippen molar-refractivity contribution >= 4 is 5.96 Å². The summed E-state index contributed by atoms with van der Waals surface area (Å²) >= 11 is 0. The molecule has 2 fully saturated rings. The van der Waals surface area contributed by atoms with Crippen LogP contribution in [0.4, 0.5) is 0 Å². The zero-order chi connectivity index (χ0) is 19.0. The van der Waals surface area contributed by atoms with Gasteiger partial charge < -0.3 is 25.4 Å². The number of aliphatic hydroxyl groups is 1. The molecule has 3 unspecified atom stereocenters. The van der Waals surface area contributed by atoms with Crippen LogP contribution in [0.1, 0.15) is 52.4 Å². The van der Waals surface area contributed by atoms with Gasteiger partial charge in [-0.15, -0.1) is 0 Å². The number of hydrogen-bond donors (Lipinski definition) is 3. The van der Waals surface area contributed by atoms with Crippen LogP contribution < -0.4 is 10.6 Å². The second-order valence-electron chi connectivity index (χ2n) is 8.65. The van der Waals surface area contributed by atoms with Crippen molar-refractivity contribution in [3.8, 4) is 0 Å². The predicted molar refractivity (Wildman–Crippen MR) is 108 cm³/mol. The zero-order valence-electron chi connectivity index (χ0n) is 17.3. The summed E-state index contributed by atoms with van der Waals surface area (Å²) in [4.78, 5) is 7.27. The Morgan fingerprint density at radius 2 is 2.12 bits per heavy atom. The molecule has 0 amide bonds. The molecule has 3 N–H and O–H groups in total. The molecule has 1 saturated heterocycles. The Bertz CT molecular complexity index is 449. The average Bonchev–Trinajstić information content (AvgIpc) is 3.06. The first kappa shape index (κ1) is 21.5. The summed E-state index contributed by atoms with van der Waals surface area (Å²) in [5, 5.41) is 16.4. The molecule has 0 aromatic heterocycles. The lowest BCUT2D eigenvalue weighted by molar-refractivity contribution is 0.0795. The molecule has 0 bridgehead atoms. The lowest BCUT2D eigenvalue weighted by Gasteiger charge is -2.45. The van der Waals surface area contributed by atoms with Gasteiger partial charge in [0, 0.05) is 37.3 Å². The highest BCUT2D eigenvalue weighted by atomic mass is 16.5. The van der Waals surface area contributed by atoms with E-state index in [4.69, 9.17) is 9.73 Å². The molecule has 1 aliphatic heterocycles. The van der Waals surface area contributed by atoms with Gasteiger partial charge in [-0.3, -0.25) is 4.99 Å². The summed E-state index contributed by atoms with van der Waals surface area (Å²) in [6.45, 7) is 8.62. The van der Waals surface area contributed by atoms with E-state index in [1.54, 1.807) is 0 Å². The fourth-order valence-electron chi connectivity index (χ4n) is 4.48. The van der Waals surface area contributed by atoms with Gasteiger partial charge in [0.05, 0.1) is 13.2 Å². The Hall–Kier alpha value is -0.850. The van der Waals surface area contributed by atoms with Gasteiger partial charge in [0.15, 0.2) is 5.96 Å². The van der Waals surface area contributed by atoms with Crippen molar-refractivity contribution in [2.45, 2.75) is 57.9 Å². The fraction of sp³-hybridized carbons (Fsp3) is 0.950. The number of aliphatic hydroxyl groups excluding tert-OH is 1. The molecule has 3 atom stereocenters. The molecule has 0 aromatic rings. The normalized spacial score (nSPS) is 32.8. The van der Waals surface area contributed by atoms with E-state index in [-0.39, 0.29) is 17.6 Å². The minimum atomic E-state index is -0.00428. The third-order valence-electron chi connectivity index (χ3n) is 6.34. The lowest BCUT2D eigenvalue weighted by Crippen LogP contribution is -2.56. The number of hydrogen-bond acceptors (Lipinski definition) is 4. The molecular weight excluding hydrogens is 328 g/mol. The van der Waals surface area contributed by atoms with Crippen LogP contribution in [0, 0.1) is 11.3 Å². The number of rotatable bonds is 8. The number of ether oxygens (including phenoxy) is 1. The third-order valence-corrected chi connectivity index (χ3v) is 6.34. The highest BCUT2D eigenvalue weighted by Gasteiger charge is 2.37. The molecule has 152 valence electrons. The van der Waals surface area contributed by atoms with E-state index in [0.29, 0.717) is 13.2 Å². The highest BCUT2D eigenvalue weighted by molar-refractivity contribution is 5.79. The van der Waals surface area contributed by atoms with Crippen molar-refractivity contribution in [2.75, 3.05) is 53.6 Å². The van der Waals surface area contributed by atoms with E-state index in [1.807, 2.05) is 0 Å². The van der Waals surface area contributed by atoms with Crippen LogP contribution in [0.15, 0.2) is 4.99 Å². The van der Waals surface area contributed by atoms with Crippen LogP contribution >= 0.6 is 0 Å². The molecule has 2 rings (SSSR count). The first-order chi connectivity index (χ1) is 12.5. The predicted octanol–water partition coefficient (Wildman–Crippen LogP) is 1.84. The highest BCUT2D eigenvalue weighted by Crippen LogP contribution is 2.35. The van der Waals surface area contributed by atoms with Crippen LogP contribution in [-0.2, 0) is 4.74 Å². The zero-order valence-corrected chi connectivity index (χ0v) is 17.3. The molecule has 0 spiro atoms. The van der Waals surface area contributed by atoms with Gasteiger partial charge >= 0.3 is 0 Å². The second kappa shape index (κ2) is 9.90. The van der Waals surface area contributed by atoms with Gasteiger partial charge in [0.1, 0.15) is 0 Å². The molecule has 6 heteroatoms. The first-order valence-electron chi connectivity index (χ1n) is 10.3. The quantitative estimate of drug-likeness (QED) is 0.451. The SMILES string of the molecule is CCNC(=NCC1(CCO)CCOC1)NCC1(N(C)C)CCCC(C)C1. The molecule has 0 radical (unpaired) electrons. The maximum absolute atomic E-state index is 9.41. The molecule has 0 aromatic carbocycles. The van der Waals surface area contributed by atoms with Gasteiger partial charge in [0.2, 0.25) is 0 Å². The Kier molecular flexibility index (Phi) is 8.17. The Labute approximate surface area is 159 Å². The standard InChI is InChI=1S/C20H40N4O2/c1-5-21-18(22-14-19(9-11-25)10-12-26-16-19)23-15-20(24(3)4)8-6-7-17(2)13-20/h17,25H,5-16H2,1-4H3,(H2,21,22,23). The van der Waals surface area contributed by atoms with Crippen molar-refractivity contribution in [3.63, 3.8) is 0 Å². The van der Waals surface area contributed by atoms with Gasteiger partial charge in [-0.25, -0.2) is 0 Å². The van der Waals surface area contributed by atoms with Crippen LogP contribution in [-0.4, -0.2) is 75.1 Å². The van der Waals surface area contributed by atoms with Gasteiger partial charge in [-0.05, 0) is 52.6 Å². The van der Waals surface area contributed by atoms with Crippen molar-refractivity contribution in [3.05, 3.63) is 0 Å². The van der Waals surface area contributed by atoms with Gasteiger partial charge in [-0.1, -0.05) is 19.8 Å². The molecular formula is C20H40N4O2. The first-order valence-corrected chi connectivity index (χ1v) is 10.3. The molecule has 1 saturated carbocycles. The lowest BCUT2D eigenvalue weighted by atomic mass is 9.75. The van der Waals surface area contributed by atoms with E-state index in [1.165, 1.54) is 25.7 Å². The average molecular weight is 369 g/mol. The topological polar surface area (TPSA) is 69.1 Å². The van der Waals surface area contributed by atoms with Gasteiger partial charge in [0.25, 0.3) is 0 Å². The van der Waals surface area contributed by atoms with E-state index in [2.05, 4.69) is 43.5 Å². The summed E-state index contributed by atoms with van der Waals surface area (Å²) in [6.07, 6.45) is 6.84. The summed E-state index contributed by atoms with van der Waals surface area (Å²) in [5.74, 6) is 1.66. The maximum Gasteiger partial charge on any atom is 0.191 e. The third kappa shape index (κ3) is 5.57. The second-order valence-corrected chi connectivity index (χ2v) is 8.65. The summed E-state index contributed by atoms with van der Waals surface area (Å²) in [6, 6.07) is 0. The smallest absolute Gasteiger partial charge is 0.191 e. The van der Waals surface area contributed by atoms with Crippen molar-refractivity contribution < 1.29 is 9.84 Å². The Morgan fingerprint density at radius 1 is 1.31 bits per heavy atom. The van der Waals surface area contributed by atoms with E-state index < -0.39 is 0 Å². The van der Waals surface area contributed by atoms with Crippen molar-refractivity contribution in [1.82, 2.24) is 15.5 Å². The molecule has 2 aliphatic rings.